The minimum atomic E-state index is -0.0346. The number of nitrogens with zero attached hydrogens (tertiary/aromatic N) is 1. The summed E-state index contributed by atoms with van der Waals surface area (Å²) in [5.74, 6) is 0.688. The molecule has 0 bridgehead atoms. The molecule has 0 aromatic heterocycles. The van der Waals surface area contributed by atoms with Crippen molar-refractivity contribution < 1.29 is 9.53 Å². The number of hydrogen-bond acceptors (Lipinski definition) is 3. The van der Waals surface area contributed by atoms with Crippen molar-refractivity contribution >= 4 is 17.7 Å². The quantitative estimate of drug-likeness (QED) is 0.627. The lowest BCUT2D eigenvalue weighted by atomic mass is 10.1. The molecular weight excluding hydrogens is 154 g/mol. The molecule has 12 heavy (non-hydrogen) atoms. The largest absolute Gasteiger partial charge is 0.497 e. The number of carbonyl (C=O) groups is 1. The molecule has 0 amide bonds. The molecule has 0 unspecified atom stereocenters. The van der Waals surface area contributed by atoms with Crippen LogP contribution in [-0.4, -0.2) is 19.1 Å². The summed E-state index contributed by atoms with van der Waals surface area (Å²) < 4.78 is 4.99. The Labute approximate surface area is 69.7 Å². The summed E-state index contributed by atoms with van der Waals surface area (Å²) in [5, 5.41) is 0. The predicted octanol–water partition coefficient (Wildman–Crippen LogP) is 1.59. The van der Waals surface area contributed by atoms with Gasteiger partial charge in [0.05, 0.1) is 19.0 Å². The van der Waals surface area contributed by atoms with Gasteiger partial charge in [0.15, 0.2) is 0 Å². The Balaban J connectivity index is 2.54. The van der Waals surface area contributed by atoms with Gasteiger partial charge in [-0.05, 0) is 12.1 Å². The van der Waals surface area contributed by atoms with Crippen molar-refractivity contribution in [1.29, 1.82) is 0 Å². The van der Waals surface area contributed by atoms with Gasteiger partial charge in [-0.25, -0.2) is 0 Å². The van der Waals surface area contributed by atoms with Crippen LogP contribution in [0.4, 0.5) is 5.69 Å². The highest BCUT2D eigenvalue weighted by Gasteiger charge is 2.14. The maximum atomic E-state index is 11.1. The summed E-state index contributed by atoms with van der Waals surface area (Å²) in [7, 11) is 1.59. The molecule has 1 aromatic carbocycles. The summed E-state index contributed by atoms with van der Waals surface area (Å²) in [4.78, 5) is 15.0. The highest BCUT2D eigenvalue weighted by molar-refractivity contribution is 6.39. The predicted molar refractivity (Wildman–Crippen MR) is 45.5 cm³/mol. The number of fused-ring (bicyclic) bond motifs is 1. The number of aliphatic imine (C=N–C) groups is 1. The van der Waals surface area contributed by atoms with E-state index in [1.54, 1.807) is 25.3 Å². The Bertz CT molecular complexity index is 369. The summed E-state index contributed by atoms with van der Waals surface area (Å²) in [6.07, 6.45) is 1.32. The second kappa shape index (κ2) is 2.44. The minimum absolute atomic E-state index is 0.0346. The van der Waals surface area contributed by atoms with Gasteiger partial charge >= 0.3 is 0 Å². The van der Waals surface area contributed by atoms with Crippen LogP contribution in [-0.2, 0) is 0 Å². The van der Waals surface area contributed by atoms with Crippen LogP contribution in [0.3, 0.4) is 0 Å². The first kappa shape index (κ1) is 7.03. The Morgan fingerprint density at radius 3 is 3.00 bits per heavy atom. The highest BCUT2D eigenvalue weighted by atomic mass is 16.5. The van der Waals surface area contributed by atoms with E-state index >= 15 is 0 Å². The Hall–Kier alpha value is -1.64. The SMILES string of the molecule is COc1ccc2c(c1)N=CC2=O. The number of ether oxygens (including phenoxy) is 1. The average molecular weight is 161 g/mol. The molecule has 60 valence electrons. The number of rotatable bonds is 1. The van der Waals surface area contributed by atoms with Gasteiger partial charge in [-0.15, -0.1) is 0 Å². The number of Topliss-reactive ketones (excluding diaryl/α,β-unsaturated/α-hetero) is 1. The third-order valence-electron chi connectivity index (χ3n) is 1.79. The summed E-state index contributed by atoms with van der Waals surface area (Å²) >= 11 is 0. The lowest BCUT2D eigenvalue weighted by Gasteiger charge is -2.00. The first-order chi connectivity index (χ1) is 5.81. The molecule has 1 aliphatic heterocycles. The molecule has 0 radical (unpaired) electrons. The van der Waals surface area contributed by atoms with E-state index in [-0.39, 0.29) is 5.78 Å². The summed E-state index contributed by atoms with van der Waals surface area (Å²) in [6.45, 7) is 0. The standard InChI is InChI=1S/C9H7NO2/c1-12-6-2-3-7-8(4-6)10-5-9(7)11/h2-5H,1H3. The van der Waals surface area contributed by atoms with E-state index in [1.165, 1.54) is 6.21 Å². The van der Waals surface area contributed by atoms with Gasteiger partial charge in [0.1, 0.15) is 5.75 Å². The first-order valence-electron chi connectivity index (χ1n) is 3.58. The molecule has 0 N–H and O–H groups in total. The molecule has 1 heterocycles. The van der Waals surface area contributed by atoms with Crippen LogP contribution in [0.2, 0.25) is 0 Å². The van der Waals surface area contributed by atoms with Crippen molar-refractivity contribution in [3.05, 3.63) is 23.8 Å². The Morgan fingerprint density at radius 2 is 2.25 bits per heavy atom. The molecule has 0 fully saturated rings. The van der Waals surface area contributed by atoms with Crippen LogP contribution in [0.1, 0.15) is 10.4 Å². The fourth-order valence-corrected chi connectivity index (χ4v) is 1.15. The van der Waals surface area contributed by atoms with E-state index in [0.29, 0.717) is 11.3 Å². The lowest BCUT2D eigenvalue weighted by molar-refractivity contribution is 0.107. The van der Waals surface area contributed by atoms with E-state index < -0.39 is 0 Å². The van der Waals surface area contributed by atoms with Gasteiger partial charge < -0.3 is 4.74 Å². The van der Waals surface area contributed by atoms with Gasteiger partial charge in [-0.3, -0.25) is 9.79 Å². The highest BCUT2D eigenvalue weighted by Crippen LogP contribution is 2.28. The molecule has 2 rings (SSSR count). The zero-order valence-corrected chi connectivity index (χ0v) is 6.57. The number of carbonyl (C=O) groups excluding carboxylic acids is 1. The number of ketones is 1. The monoisotopic (exact) mass is 161 g/mol. The third kappa shape index (κ3) is 0.906. The van der Waals surface area contributed by atoms with Crippen LogP contribution in [0.5, 0.6) is 5.75 Å². The van der Waals surface area contributed by atoms with Crippen LogP contribution >= 0.6 is 0 Å². The van der Waals surface area contributed by atoms with E-state index in [0.717, 1.165) is 5.75 Å². The van der Waals surface area contributed by atoms with Gasteiger partial charge in [0.2, 0.25) is 5.78 Å². The Kier molecular flexibility index (Phi) is 1.43. The fourth-order valence-electron chi connectivity index (χ4n) is 1.15. The number of hydrogen-bond donors (Lipinski definition) is 0. The molecular formula is C9H7NO2. The van der Waals surface area contributed by atoms with Gasteiger partial charge in [-0.1, -0.05) is 0 Å². The number of benzene rings is 1. The molecule has 3 nitrogen and oxygen atoms in total. The van der Waals surface area contributed by atoms with Gasteiger partial charge in [0.25, 0.3) is 0 Å². The molecule has 0 spiro atoms. The second-order valence-corrected chi connectivity index (χ2v) is 2.51. The molecule has 1 aliphatic rings. The van der Waals surface area contributed by atoms with Gasteiger partial charge in [0, 0.05) is 11.6 Å². The molecule has 3 heteroatoms. The summed E-state index contributed by atoms with van der Waals surface area (Å²) in [6, 6.07) is 5.23. The van der Waals surface area contributed by atoms with Crippen LogP contribution < -0.4 is 4.74 Å². The maximum absolute atomic E-state index is 11.1. The zero-order valence-electron chi connectivity index (χ0n) is 6.57. The van der Waals surface area contributed by atoms with Crippen molar-refractivity contribution in [3.8, 4) is 5.75 Å². The smallest absolute Gasteiger partial charge is 0.206 e. The molecule has 0 aliphatic carbocycles. The van der Waals surface area contributed by atoms with Gasteiger partial charge in [-0.2, -0.15) is 0 Å². The van der Waals surface area contributed by atoms with Crippen molar-refractivity contribution in [1.82, 2.24) is 0 Å². The number of methoxy groups -OCH3 is 1. The molecule has 0 saturated carbocycles. The minimum Gasteiger partial charge on any atom is -0.497 e. The van der Waals surface area contributed by atoms with Crippen molar-refractivity contribution in [2.24, 2.45) is 4.99 Å². The molecule has 1 aromatic rings. The normalized spacial score (nSPS) is 13.2. The second-order valence-electron chi connectivity index (χ2n) is 2.51. The molecule has 0 atom stereocenters. The van der Waals surface area contributed by atoms with Crippen LogP contribution in [0.15, 0.2) is 23.2 Å². The average Bonchev–Trinajstić information content (AvgIpc) is 2.47. The maximum Gasteiger partial charge on any atom is 0.206 e. The third-order valence-corrected chi connectivity index (χ3v) is 1.79. The van der Waals surface area contributed by atoms with E-state index in [2.05, 4.69) is 4.99 Å². The van der Waals surface area contributed by atoms with Crippen molar-refractivity contribution in [3.63, 3.8) is 0 Å². The summed E-state index contributed by atoms with van der Waals surface area (Å²) in [5.41, 5.74) is 1.34. The van der Waals surface area contributed by atoms with Crippen LogP contribution in [0, 0.1) is 0 Å². The van der Waals surface area contributed by atoms with Crippen molar-refractivity contribution in [2.45, 2.75) is 0 Å². The molecule has 0 saturated heterocycles. The topological polar surface area (TPSA) is 38.7 Å². The fraction of sp³-hybridized carbons (Fsp3) is 0.111. The first-order valence-corrected chi connectivity index (χ1v) is 3.58. The Morgan fingerprint density at radius 1 is 1.42 bits per heavy atom. The lowest BCUT2D eigenvalue weighted by Crippen LogP contribution is -1.93. The van der Waals surface area contributed by atoms with Crippen molar-refractivity contribution in [2.75, 3.05) is 7.11 Å². The van der Waals surface area contributed by atoms with E-state index in [1.807, 2.05) is 0 Å². The zero-order chi connectivity index (χ0) is 8.55. The van der Waals surface area contributed by atoms with Crippen LogP contribution in [0.25, 0.3) is 0 Å². The van der Waals surface area contributed by atoms with E-state index in [9.17, 15) is 4.79 Å². The van der Waals surface area contributed by atoms with E-state index in [4.69, 9.17) is 4.74 Å².